The molecule has 3 aliphatic rings. The molecule has 0 N–H and O–H groups in total. The minimum atomic E-state index is 0.239. The zero-order valence-electron chi connectivity index (χ0n) is 14.0. The Labute approximate surface area is 124 Å². The maximum Gasteiger partial charge on any atom is 0.0681 e. The first-order chi connectivity index (χ1) is 9.32. The van der Waals surface area contributed by atoms with Crippen LogP contribution in [0, 0.1) is 5.41 Å². The molecule has 0 radical (unpaired) electrons. The molecular formula is C16H32N4. The average Bonchev–Trinajstić information content (AvgIpc) is 2.31. The number of hydrogen-bond donors (Lipinski definition) is 0. The molecule has 3 aliphatic heterocycles. The fourth-order valence-electron chi connectivity index (χ4n) is 4.43. The van der Waals surface area contributed by atoms with Crippen LogP contribution in [0.3, 0.4) is 0 Å². The second-order valence-corrected chi connectivity index (χ2v) is 8.14. The Morgan fingerprint density at radius 1 is 0.850 bits per heavy atom. The summed E-state index contributed by atoms with van der Waals surface area (Å²) in [4.78, 5) is 10.4. The Morgan fingerprint density at radius 2 is 1.40 bits per heavy atom. The van der Waals surface area contributed by atoms with E-state index in [0.717, 1.165) is 0 Å². The first-order valence-corrected chi connectivity index (χ1v) is 8.25. The van der Waals surface area contributed by atoms with Crippen LogP contribution < -0.4 is 0 Å². The Kier molecular flexibility index (Phi) is 3.65. The SMILES string of the molecule is CC(C)N1CCN(C(C)(C)N2CC3(CN(C)C3)C2)CC1. The van der Waals surface area contributed by atoms with E-state index in [-0.39, 0.29) is 5.66 Å². The second kappa shape index (κ2) is 4.94. The van der Waals surface area contributed by atoms with Crippen molar-refractivity contribution < 1.29 is 0 Å². The van der Waals surface area contributed by atoms with E-state index in [4.69, 9.17) is 0 Å². The number of rotatable bonds is 3. The minimum Gasteiger partial charge on any atom is -0.305 e. The van der Waals surface area contributed by atoms with Crippen LogP contribution in [-0.4, -0.2) is 90.7 Å². The zero-order valence-corrected chi connectivity index (χ0v) is 14.0. The van der Waals surface area contributed by atoms with Crippen molar-refractivity contribution in [3.05, 3.63) is 0 Å². The van der Waals surface area contributed by atoms with E-state index in [0.29, 0.717) is 11.5 Å². The van der Waals surface area contributed by atoms with Gasteiger partial charge in [-0.2, -0.15) is 0 Å². The smallest absolute Gasteiger partial charge is 0.0681 e. The lowest BCUT2D eigenvalue weighted by Crippen LogP contribution is -2.77. The van der Waals surface area contributed by atoms with Gasteiger partial charge in [0.25, 0.3) is 0 Å². The van der Waals surface area contributed by atoms with Crippen LogP contribution in [0.4, 0.5) is 0 Å². The molecule has 4 nitrogen and oxygen atoms in total. The molecule has 116 valence electrons. The summed E-state index contributed by atoms with van der Waals surface area (Å²) in [5.74, 6) is 0. The molecule has 20 heavy (non-hydrogen) atoms. The van der Waals surface area contributed by atoms with E-state index < -0.39 is 0 Å². The fraction of sp³-hybridized carbons (Fsp3) is 1.00. The maximum atomic E-state index is 2.70. The van der Waals surface area contributed by atoms with Crippen LogP contribution in [0.1, 0.15) is 27.7 Å². The van der Waals surface area contributed by atoms with Gasteiger partial charge in [-0.15, -0.1) is 0 Å². The highest BCUT2D eigenvalue weighted by Gasteiger charge is 2.54. The number of hydrogen-bond acceptors (Lipinski definition) is 4. The van der Waals surface area contributed by atoms with E-state index in [9.17, 15) is 0 Å². The third-order valence-corrected chi connectivity index (χ3v) is 5.86. The van der Waals surface area contributed by atoms with E-state index in [2.05, 4.69) is 54.3 Å². The van der Waals surface area contributed by atoms with Gasteiger partial charge in [-0.25, -0.2) is 0 Å². The van der Waals surface area contributed by atoms with Crippen LogP contribution in [0.2, 0.25) is 0 Å². The van der Waals surface area contributed by atoms with Crippen molar-refractivity contribution >= 4 is 0 Å². The summed E-state index contributed by atoms with van der Waals surface area (Å²) >= 11 is 0. The maximum absolute atomic E-state index is 2.70. The van der Waals surface area contributed by atoms with Gasteiger partial charge in [0.1, 0.15) is 0 Å². The van der Waals surface area contributed by atoms with Crippen molar-refractivity contribution in [2.24, 2.45) is 5.41 Å². The van der Waals surface area contributed by atoms with Gasteiger partial charge in [-0.3, -0.25) is 14.7 Å². The molecular weight excluding hydrogens is 248 g/mol. The largest absolute Gasteiger partial charge is 0.305 e. The van der Waals surface area contributed by atoms with E-state index >= 15 is 0 Å². The van der Waals surface area contributed by atoms with Crippen molar-refractivity contribution in [3.8, 4) is 0 Å². The molecule has 0 aliphatic carbocycles. The fourth-order valence-corrected chi connectivity index (χ4v) is 4.43. The molecule has 1 spiro atoms. The van der Waals surface area contributed by atoms with E-state index in [1.807, 2.05) is 0 Å². The van der Waals surface area contributed by atoms with E-state index in [1.54, 1.807) is 0 Å². The molecule has 3 fully saturated rings. The number of likely N-dealkylation sites (tertiary alicyclic amines) is 2. The summed E-state index contributed by atoms with van der Waals surface area (Å²) in [6.07, 6.45) is 0. The summed E-state index contributed by atoms with van der Waals surface area (Å²) in [5.41, 5.74) is 0.883. The molecule has 3 saturated heterocycles. The molecule has 0 saturated carbocycles. The molecule has 0 aromatic heterocycles. The Morgan fingerprint density at radius 3 is 1.85 bits per heavy atom. The van der Waals surface area contributed by atoms with Gasteiger partial charge in [0.2, 0.25) is 0 Å². The normalized spacial score (nSPS) is 29.7. The van der Waals surface area contributed by atoms with Crippen molar-refractivity contribution in [2.45, 2.75) is 39.4 Å². The third kappa shape index (κ3) is 2.41. The van der Waals surface area contributed by atoms with Crippen LogP contribution in [-0.2, 0) is 0 Å². The van der Waals surface area contributed by atoms with E-state index in [1.165, 1.54) is 52.4 Å². The molecule has 3 heterocycles. The lowest BCUT2D eigenvalue weighted by molar-refractivity contribution is -0.184. The Hall–Kier alpha value is -0.160. The molecule has 4 heteroatoms. The lowest BCUT2D eigenvalue weighted by atomic mass is 9.72. The highest BCUT2D eigenvalue weighted by atomic mass is 15.5. The van der Waals surface area contributed by atoms with Gasteiger partial charge in [0.15, 0.2) is 0 Å². The quantitative estimate of drug-likeness (QED) is 0.764. The van der Waals surface area contributed by atoms with Gasteiger partial charge in [-0.1, -0.05) is 0 Å². The first kappa shape index (κ1) is 14.8. The zero-order chi connectivity index (χ0) is 14.5. The van der Waals surface area contributed by atoms with Crippen LogP contribution in [0.25, 0.3) is 0 Å². The molecule has 0 aromatic rings. The molecule has 0 atom stereocenters. The topological polar surface area (TPSA) is 13.0 Å². The van der Waals surface area contributed by atoms with Gasteiger partial charge in [0.05, 0.1) is 5.66 Å². The Balaban J connectivity index is 1.52. The summed E-state index contributed by atoms with van der Waals surface area (Å²) in [5, 5.41) is 0. The van der Waals surface area contributed by atoms with Gasteiger partial charge in [0, 0.05) is 63.8 Å². The predicted molar refractivity (Wildman–Crippen MR) is 83.9 cm³/mol. The average molecular weight is 280 g/mol. The molecule has 3 rings (SSSR count). The van der Waals surface area contributed by atoms with Crippen LogP contribution in [0.15, 0.2) is 0 Å². The highest BCUT2D eigenvalue weighted by molar-refractivity contribution is 5.08. The summed E-state index contributed by atoms with van der Waals surface area (Å²) < 4.78 is 0. The van der Waals surface area contributed by atoms with Gasteiger partial charge < -0.3 is 4.90 Å². The van der Waals surface area contributed by atoms with Crippen molar-refractivity contribution in [1.29, 1.82) is 0 Å². The molecule has 0 unspecified atom stereocenters. The molecule has 0 bridgehead atoms. The van der Waals surface area contributed by atoms with Crippen molar-refractivity contribution in [1.82, 2.24) is 19.6 Å². The van der Waals surface area contributed by atoms with Gasteiger partial charge >= 0.3 is 0 Å². The monoisotopic (exact) mass is 280 g/mol. The third-order valence-electron chi connectivity index (χ3n) is 5.86. The van der Waals surface area contributed by atoms with Gasteiger partial charge in [-0.05, 0) is 34.7 Å². The Bertz CT molecular complexity index is 343. The van der Waals surface area contributed by atoms with Crippen molar-refractivity contribution in [2.75, 3.05) is 59.4 Å². The molecule has 0 amide bonds. The highest BCUT2D eigenvalue weighted by Crippen LogP contribution is 2.43. The summed E-state index contributed by atoms with van der Waals surface area (Å²) in [6, 6.07) is 0.693. The number of nitrogens with zero attached hydrogens (tertiary/aromatic N) is 4. The number of piperazine rings is 1. The molecule has 0 aromatic carbocycles. The summed E-state index contributed by atoms with van der Waals surface area (Å²) in [7, 11) is 2.24. The van der Waals surface area contributed by atoms with Crippen molar-refractivity contribution in [3.63, 3.8) is 0 Å². The lowest BCUT2D eigenvalue weighted by Gasteiger charge is -2.65. The second-order valence-electron chi connectivity index (χ2n) is 8.14. The standard InChI is InChI=1S/C16H32N4/c1-14(2)18-6-8-19(9-7-18)15(3,4)20-12-16(13-20)10-17(5)11-16/h14H,6-13H2,1-5H3. The minimum absolute atomic E-state index is 0.239. The van der Waals surface area contributed by atoms with Crippen LogP contribution >= 0.6 is 0 Å². The predicted octanol–water partition coefficient (Wildman–Crippen LogP) is 0.996. The summed E-state index contributed by atoms with van der Waals surface area (Å²) in [6.45, 7) is 19.6. The first-order valence-electron chi connectivity index (χ1n) is 8.25. The van der Waals surface area contributed by atoms with Crippen LogP contribution in [0.5, 0.6) is 0 Å².